The maximum Gasteiger partial charge on any atom is 0.264 e. The lowest BCUT2D eigenvalue weighted by Gasteiger charge is -2.26. The predicted molar refractivity (Wildman–Crippen MR) is 148 cm³/mol. The number of fused-ring (bicyclic) bond motifs is 1. The first kappa shape index (κ1) is 27.0. The minimum Gasteiger partial charge on any atom is -0.495 e. The van der Waals surface area contributed by atoms with Crippen LogP contribution in [-0.2, 0) is 27.7 Å². The summed E-state index contributed by atoms with van der Waals surface area (Å²) in [5.41, 5.74) is 4.97. The number of benzene rings is 3. The molecule has 196 valence electrons. The molecule has 0 bridgehead atoms. The number of carbonyl (C=O) groups is 1. The third kappa shape index (κ3) is 6.11. The molecule has 6 nitrogen and oxygen atoms in total. The van der Waals surface area contributed by atoms with Crippen molar-refractivity contribution in [3.8, 4) is 5.75 Å². The lowest BCUT2D eigenvalue weighted by Crippen LogP contribution is -2.42. The normalized spacial score (nSPS) is 13.9. The average Bonchev–Trinajstić information content (AvgIpc) is 2.90. The second-order valence-electron chi connectivity index (χ2n) is 9.41. The van der Waals surface area contributed by atoms with Crippen molar-refractivity contribution in [2.24, 2.45) is 0 Å². The molecule has 0 saturated heterocycles. The summed E-state index contributed by atoms with van der Waals surface area (Å²) in [6.45, 7) is 3.51. The van der Waals surface area contributed by atoms with Crippen LogP contribution in [0.25, 0.3) is 0 Å². The van der Waals surface area contributed by atoms with E-state index in [4.69, 9.17) is 16.3 Å². The first-order chi connectivity index (χ1) is 17.7. The second-order valence-corrected chi connectivity index (χ2v) is 11.7. The molecule has 0 unspecified atom stereocenters. The molecule has 1 amide bonds. The van der Waals surface area contributed by atoms with E-state index in [0.29, 0.717) is 12.2 Å². The number of hydrogen-bond donors (Lipinski definition) is 1. The van der Waals surface area contributed by atoms with E-state index in [1.807, 2.05) is 13.8 Å². The van der Waals surface area contributed by atoms with Gasteiger partial charge >= 0.3 is 0 Å². The largest absolute Gasteiger partial charge is 0.495 e. The number of aryl methyl sites for hydroxylation is 3. The zero-order chi connectivity index (χ0) is 26.6. The molecule has 1 N–H and O–H groups in total. The van der Waals surface area contributed by atoms with E-state index in [1.165, 1.54) is 37.1 Å². The van der Waals surface area contributed by atoms with Crippen molar-refractivity contribution in [3.63, 3.8) is 0 Å². The van der Waals surface area contributed by atoms with Crippen LogP contribution in [0.3, 0.4) is 0 Å². The van der Waals surface area contributed by atoms with Gasteiger partial charge in [0.05, 0.1) is 28.8 Å². The third-order valence-electron chi connectivity index (χ3n) is 6.84. The first-order valence-corrected chi connectivity index (χ1v) is 14.4. The highest BCUT2D eigenvalue weighted by molar-refractivity contribution is 7.92. The van der Waals surface area contributed by atoms with Crippen molar-refractivity contribution >= 4 is 33.2 Å². The molecule has 0 radical (unpaired) electrons. The average molecular weight is 541 g/mol. The van der Waals surface area contributed by atoms with E-state index in [9.17, 15) is 13.2 Å². The topological polar surface area (TPSA) is 75.7 Å². The lowest BCUT2D eigenvalue weighted by atomic mass is 9.89. The van der Waals surface area contributed by atoms with Crippen LogP contribution in [0.15, 0.2) is 65.6 Å². The van der Waals surface area contributed by atoms with Gasteiger partial charge in [-0.25, -0.2) is 8.42 Å². The van der Waals surface area contributed by atoms with Gasteiger partial charge in [0, 0.05) is 0 Å². The minimum absolute atomic E-state index is 0.0968. The molecule has 0 aromatic heterocycles. The second kappa shape index (κ2) is 11.6. The Labute approximate surface area is 224 Å². The number of amides is 1. The van der Waals surface area contributed by atoms with E-state index in [1.54, 1.807) is 36.4 Å². The number of hydrogen-bond acceptors (Lipinski definition) is 4. The molecule has 3 aromatic rings. The van der Waals surface area contributed by atoms with Gasteiger partial charge in [0.2, 0.25) is 5.91 Å². The number of ether oxygens (including phenoxy) is 1. The molecule has 37 heavy (non-hydrogen) atoms. The van der Waals surface area contributed by atoms with Crippen molar-refractivity contribution in [1.29, 1.82) is 0 Å². The minimum atomic E-state index is -4.05. The van der Waals surface area contributed by atoms with Gasteiger partial charge in [-0.05, 0) is 86.1 Å². The predicted octanol–water partition coefficient (Wildman–Crippen LogP) is 6.00. The van der Waals surface area contributed by atoms with Gasteiger partial charge in [-0.15, -0.1) is 0 Å². The first-order valence-electron chi connectivity index (χ1n) is 12.6. The Bertz CT molecular complexity index is 1370. The van der Waals surface area contributed by atoms with Gasteiger partial charge in [0.15, 0.2) is 0 Å². The molecule has 4 rings (SSSR count). The number of carbonyl (C=O) groups excluding carboxylic acids is 1. The summed E-state index contributed by atoms with van der Waals surface area (Å²) in [5.74, 6) is 0.0215. The standard InChI is InChI=1S/C29H33ClN2O4S/c1-4-27(23-12-11-21-7-5-6-8-22(21)17-23)31-29(33)19-32(24-13-16-28(36-3)26(30)18-24)37(34,35)25-14-9-20(2)10-15-25/h9-18,27H,4-8,19H2,1-3H3,(H,31,33)/t27-/m0/s1. The van der Waals surface area contributed by atoms with Gasteiger partial charge in [-0.2, -0.15) is 0 Å². The van der Waals surface area contributed by atoms with E-state index in [2.05, 4.69) is 23.5 Å². The molecular weight excluding hydrogens is 508 g/mol. The number of sulfonamides is 1. The lowest BCUT2D eigenvalue weighted by molar-refractivity contribution is -0.120. The van der Waals surface area contributed by atoms with Crippen LogP contribution < -0.4 is 14.4 Å². The zero-order valence-corrected chi connectivity index (χ0v) is 23.0. The van der Waals surface area contributed by atoms with Crippen LogP contribution in [-0.4, -0.2) is 28.0 Å². The third-order valence-corrected chi connectivity index (χ3v) is 8.92. The summed E-state index contributed by atoms with van der Waals surface area (Å²) >= 11 is 6.32. The smallest absolute Gasteiger partial charge is 0.264 e. The Morgan fingerprint density at radius 2 is 1.73 bits per heavy atom. The number of halogens is 1. The van der Waals surface area contributed by atoms with Crippen LogP contribution in [0.1, 0.15) is 54.5 Å². The van der Waals surface area contributed by atoms with Crippen molar-refractivity contribution in [2.75, 3.05) is 18.0 Å². The molecule has 0 aliphatic heterocycles. The molecule has 0 saturated carbocycles. The van der Waals surface area contributed by atoms with Crippen LogP contribution in [0.5, 0.6) is 5.75 Å². The SMILES string of the molecule is CC[C@H](NC(=O)CN(c1ccc(OC)c(Cl)c1)S(=O)(=O)c1ccc(C)cc1)c1ccc2c(c1)CCCC2. The number of rotatable bonds is 9. The number of nitrogens with zero attached hydrogens (tertiary/aromatic N) is 1. The molecule has 8 heteroatoms. The van der Waals surface area contributed by atoms with Gasteiger partial charge < -0.3 is 10.1 Å². The van der Waals surface area contributed by atoms with Crippen LogP contribution in [0, 0.1) is 6.92 Å². The molecule has 0 heterocycles. The summed E-state index contributed by atoms with van der Waals surface area (Å²) in [6.07, 6.45) is 5.21. The highest BCUT2D eigenvalue weighted by Gasteiger charge is 2.29. The summed E-state index contributed by atoms with van der Waals surface area (Å²) in [7, 11) is -2.56. The highest BCUT2D eigenvalue weighted by Crippen LogP contribution is 2.32. The summed E-state index contributed by atoms with van der Waals surface area (Å²) < 4.78 is 33.7. The van der Waals surface area contributed by atoms with Gasteiger partial charge in [0.1, 0.15) is 12.3 Å². The van der Waals surface area contributed by atoms with E-state index in [0.717, 1.165) is 28.3 Å². The maximum absolute atomic E-state index is 13.7. The molecule has 1 aliphatic rings. The number of nitrogens with one attached hydrogen (secondary N) is 1. The molecule has 0 spiro atoms. The Morgan fingerprint density at radius 3 is 2.38 bits per heavy atom. The molecule has 1 atom stereocenters. The zero-order valence-electron chi connectivity index (χ0n) is 21.5. The fraction of sp³-hybridized carbons (Fsp3) is 0.345. The Kier molecular flexibility index (Phi) is 8.45. The van der Waals surface area contributed by atoms with E-state index >= 15 is 0 Å². The summed E-state index contributed by atoms with van der Waals surface area (Å²) in [4.78, 5) is 13.4. The van der Waals surface area contributed by atoms with Crippen LogP contribution in [0.2, 0.25) is 5.02 Å². The van der Waals surface area contributed by atoms with Crippen molar-refractivity contribution in [2.45, 2.75) is 56.9 Å². The van der Waals surface area contributed by atoms with Crippen molar-refractivity contribution in [3.05, 3.63) is 87.9 Å². The Balaban J connectivity index is 1.62. The van der Waals surface area contributed by atoms with Gasteiger partial charge in [0.25, 0.3) is 10.0 Å². The fourth-order valence-electron chi connectivity index (χ4n) is 4.72. The molecule has 1 aliphatic carbocycles. The van der Waals surface area contributed by atoms with E-state index in [-0.39, 0.29) is 28.2 Å². The summed E-state index contributed by atoms with van der Waals surface area (Å²) in [6, 6.07) is 17.4. The number of anilines is 1. The van der Waals surface area contributed by atoms with Crippen molar-refractivity contribution in [1.82, 2.24) is 5.32 Å². The van der Waals surface area contributed by atoms with Gasteiger partial charge in [-0.1, -0.05) is 54.4 Å². The monoisotopic (exact) mass is 540 g/mol. The number of methoxy groups -OCH3 is 1. The Morgan fingerprint density at radius 1 is 1.03 bits per heavy atom. The molecule has 0 fully saturated rings. The molecular formula is C29H33ClN2O4S. The van der Waals surface area contributed by atoms with Crippen LogP contribution >= 0.6 is 11.6 Å². The molecule has 3 aromatic carbocycles. The Hall–Kier alpha value is -3.03. The summed E-state index contributed by atoms with van der Waals surface area (Å²) in [5, 5.41) is 3.31. The van der Waals surface area contributed by atoms with E-state index < -0.39 is 15.9 Å². The quantitative estimate of drug-likeness (QED) is 0.361. The maximum atomic E-state index is 13.7. The van der Waals surface area contributed by atoms with Gasteiger partial charge in [-0.3, -0.25) is 9.10 Å². The van der Waals surface area contributed by atoms with Crippen LogP contribution in [0.4, 0.5) is 5.69 Å². The van der Waals surface area contributed by atoms with Crippen molar-refractivity contribution < 1.29 is 17.9 Å². The fourth-order valence-corrected chi connectivity index (χ4v) is 6.39. The highest BCUT2D eigenvalue weighted by atomic mass is 35.5.